The van der Waals surface area contributed by atoms with Gasteiger partial charge in [0, 0.05) is 10.9 Å². The Morgan fingerprint density at radius 1 is 1.30 bits per heavy atom. The van der Waals surface area contributed by atoms with Crippen molar-refractivity contribution in [3.05, 3.63) is 16.8 Å². The highest BCUT2D eigenvalue weighted by atomic mass is 32.1. The number of unbranched alkanes of at least 4 members (excludes halogenated alkanes) is 2. The molecule has 2 aromatic rings. The van der Waals surface area contributed by atoms with Crippen LogP contribution in [0.25, 0.3) is 10.2 Å². The van der Waals surface area contributed by atoms with Gasteiger partial charge in [-0.25, -0.2) is 9.97 Å². The summed E-state index contributed by atoms with van der Waals surface area (Å²) >= 11 is 1.86. The summed E-state index contributed by atoms with van der Waals surface area (Å²) in [7, 11) is 0. The molecule has 1 aliphatic carbocycles. The molecule has 20 heavy (non-hydrogen) atoms. The molecule has 1 aliphatic rings. The molecule has 0 amide bonds. The van der Waals surface area contributed by atoms with E-state index in [-0.39, 0.29) is 0 Å². The lowest BCUT2D eigenvalue weighted by Crippen LogP contribution is -2.16. The molecule has 0 spiro atoms. The molecular weight excluding hydrogens is 266 g/mol. The van der Waals surface area contributed by atoms with Crippen LogP contribution in [0.1, 0.15) is 56.4 Å². The number of anilines is 1. The van der Waals surface area contributed by atoms with Crippen LogP contribution in [0.4, 0.5) is 5.82 Å². The second-order valence-electron chi connectivity index (χ2n) is 5.80. The highest BCUT2D eigenvalue weighted by Gasteiger charge is 2.21. The third kappa shape index (κ3) is 2.66. The van der Waals surface area contributed by atoms with Crippen molar-refractivity contribution in [2.24, 2.45) is 0 Å². The molecule has 2 heterocycles. The minimum Gasteiger partial charge on any atom is -0.367 e. The summed E-state index contributed by atoms with van der Waals surface area (Å²) in [6, 6.07) is 0.483. The van der Waals surface area contributed by atoms with Crippen LogP contribution in [0.3, 0.4) is 0 Å². The summed E-state index contributed by atoms with van der Waals surface area (Å²) in [6.45, 7) is 4.51. The van der Waals surface area contributed by atoms with Crippen LogP contribution >= 0.6 is 11.3 Å². The van der Waals surface area contributed by atoms with Crippen LogP contribution in [0.5, 0.6) is 0 Å². The van der Waals surface area contributed by atoms with Crippen LogP contribution in [0.2, 0.25) is 0 Å². The molecule has 0 unspecified atom stereocenters. The Morgan fingerprint density at radius 3 is 3.05 bits per heavy atom. The molecule has 1 N–H and O–H groups in total. The highest BCUT2D eigenvalue weighted by Crippen LogP contribution is 2.39. The number of aryl methyl sites for hydroxylation is 2. The first-order chi connectivity index (χ1) is 9.79. The number of hydrogen-bond acceptors (Lipinski definition) is 4. The van der Waals surface area contributed by atoms with Gasteiger partial charge in [0.05, 0.1) is 5.39 Å². The second-order valence-corrected chi connectivity index (χ2v) is 6.88. The summed E-state index contributed by atoms with van der Waals surface area (Å²) < 4.78 is 0. The van der Waals surface area contributed by atoms with E-state index >= 15 is 0 Å². The first-order valence-electron chi connectivity index (χ1n) is 7.81. The van der Waals surface area contributed by atoms with Crippen LogP contribution < -0.4 is 5.32 Å². The minimum absolute atomic E-state index is 0.483. The summed E-state index contributed by atoms with van der Waals surface area (Å²) in [4.78, 5) is 11.7. The third-order valence-corrected chi connectivity index (χ3v) is 5.32. The number of aromatic nitrogens is 2. The summed E-state index contributed by atoms with van der Waals surface area (Å²) in [5.74, 6) is 1.05. The van der Waals surface area contributed by atoms with E-state index in [4.69, 9.17) is 0 Å². The highest BCUT2D eigenvalue weighted by molar-refractivity contribution is 7.19. The molecule has 1 atom stereocenters. The lowest BCUT2D eigenvalue weighted by atomic mass is 10.1. The van der Waals surface area contributed by atoms with E-state index in [1.807, 2.05) is 11.3 Å². The van der Waals surface area contributed by atoms with Gasteiger partial charge < -0.3 is 5.32 Å². The largest absolute Gasteiger partial charge is 0.367 e. The summed E-state index contributed by atoms with van der Waals surface area (Å²) in [5, 5.41) is 4.91. The number of nitrogens with zero attached hydrogens (tertiary/aromatic N) is 2. The lowest BCUT2D eigenvalue weighted by Gasteiger charge is -2.15. The quantitative estimate of drug-likeness (QED) is 0.792. The monoisotopic (exact) mass is 289 g/mol. The first kappa shape index (κ1) is 13.8. The van der Waals surface area contributed by atoms with Crippen LogP contribution in [-0.4, -0.2) is 16.0 Å². The van der Waals surface area contributed by atoms with Gasteiger partial charge in [0.2, 0.25) is 0 Å². The average molecular weight is 289 g/mol. The van der Waals surface area contributed by atoms with Gasteiger partial charge in [-0.1, -0.05) is 26.2 Å². The van der Waals surface area contributed by atoms with E-state index in [0.717, 1.165) is 10.6 Å². The Balaban J connectivity index is 1.81. The fourth-order valence-electron chi connectivity index (χ4n) is 3.04. The van der Waals surface area contributed by atoms with E-state index in [9.17, 15) is 0 Å². The number of fused-ring (bicyclic) bond motifs is 3. The maximum Gasteiger partial charge on any atom is 0.138 e. The maximum atomic E-state index is 4.51. The third-order valence-electron chi connectivity index (χ3n) is 4.13. The van der Waals surface area contributed by atoms with Crippen molar-refractivity contribution in [3.8, 4) is 0 Å². The number of thiophene rings is 1. The molecule has 0 radical (unpaired) electrons. The predicted octanol–water partition coefficient (Wildman–Crippen LogP) is 4.56. The molecule has 0 saturated heterocycles. The summed E-state index contributed by atoms with van der Waals surface area (Å²) in [6.07, 6.45) is 10.5. The lowest BCUT2D eigenvalue weighted by molar-refractivity contribution is 0.614. The topological polar surface area (TPSA) is 37.8 Å². The van der Waals surface area contributed by atoms with E-state index in [1.165, 1.54) is 60.8 Å². The van der Waals surface area contributed by atoms with Crippen LogP contribution in [0, 0.1) is 0 Å². The van der Waals surface area contributed by atoms with E-state index in [0.29, 0.717) is 6.04 Å². The summed E-state index contributed by atoms with van der Waals surface area (Å²) in [5.41, 5.74) is 1.51. The maximum absolute atomic E-state index is 4.51. The SMILES string of the molecule is CCCCC[C@H](C)Nc1ncnc2sc3c(c12)CCC3. The number of hydrogen-bond donors (Lipinski definition) is 1. The van der Waals surface area contributed by atoms with E-state index in [2.05, 4.69) is 29.1 Å². The van der Waals surface area contributed by atoms with Gasteiger partial charge in [-0.3, -0.25) is 0 Å². The van der Waals surface area contributed by atoms with E-state index < -0.39 is 0 Å². The number of nitrogens with one attached hydrogen (secondary N) is 1. The van der Waals surface area contributed by atoms with Gasteiger partial charge in [0.25, 0.3) is 0 Å². The Morgan fingerprint density at radius 2 is 2.20 bits per heavy atom. The van der Waals surface area contributed by atoms with Gasteiger partial charge in [-0.2, -0.15) is 0 Å². The van der Waals surface area contributed by atoms with Crippen molar-refractivity contribution in [1.29, 1.82) is 0 Å². The van der Waals surface area contributed by atoms with Gasteiger partial charge in [-0.05, 0) is 38.2 Å². The van der Waals surface area contributed by atoms with Gasteiger partial charge in [0.15, 0.2) is 0 Å². The van der Waals surface area contributed by atoms with Crippen molar-refractivity contribution in [2.45, 2.75) is 64.8 Å². The molecule has 0 bridgehead atoms. The van der Waals surface area contributed by atoms with Gasteiger partial charge in [0.1, 0.15) is 17.0 Å². The molecule has 0 aromatic carbocycles. The zero-order chi connectivity index (χ0) is 13.9. The molecule has 0 aliphatic heterocycles. The average Bonchev–Trinajstić information content (AvgIpc) is 2.99. The second kappa shape index (κ2) is 6.08. The van der Waals surface area contributed by atoms with Crippen LogP contribution in [0.15, 0.2) is 6.33 Å². The fraction of sp³-hybridized carbons (Fsp3) is 0.625. The molecule has 3 nitrogen and oxygen atoms in total. The Bertz CT molecular complexity index is 591. The Hall–Kier alpha value is -1.16. The standard InChI is InChI=1S/C16H23N3S/c1-3-4-5-7-11(2)19-15-14-12-8-6-9-13(12)20-16(14)18-10-17-15/h10-11H,3-9H2,1-2H3,(H,17,18,19)/t11-/m0/s1. The van der Waals surface area contributed by atoms with Crippen molar-refractivity contribution < 1.29 is 0 Å². The smallest absolute Gasteiger partial charge is 0.138 e. The van der Waals surface area contributed by atoms with Crippen molar-refractivity contribution in [2.75, 3.05) is 5.32 Å². The molecule has 0 fully saturated rings. The van der Waals surface area contributed by atoms with Crippen molar-refractivity contribution in [3.63, 3.8) is 0 Å². The van der Waals surface area contributed by atoms with Crippen LogP contribution in [-0.2, 0) is 12.8 Å². The number of rotatable bonds is 6. The molecule has 0 saturated carbocycles. The molecule has 108 valence electrons. The molecule has 2 aromatic heterocycles. The normalized spacial score (nSPS) is 15.5. The molecule has 3 rings (SSSR count). The molecular formula is C16H23N3S. The zero-order valence-corrected chi connectivity index (χ0v) is 13.2. The Kier molecular flexibility index (Phi) is 4.20. The molecule has 4 heteroatoms. The van der Waals surface area contributed by atoms with Crippen molar-refractivity contribution >= 4 is 27.4 Å². The predicted molar refractivity (Wildman–Crippen MR) is 86.7 cm³/mol. The van der Waals surface area contributed by atoms with Gasteiger partial charge >= 0.3 is 0 Å². The first-order valence-corrected chi connectivity index (χ1v) is 8.63. The Labute approximate surface area is 124 Å². The van der Waals surface area contributed by atoms with Crippen molar-refractivity contribution in [1.82, 2.24) is 9.97 Å². The minimum atomic E-state index is 0.483. The zero-order valence-electron chi connectivity index (χ0n) is 12.4. The van der Waals surface area contributed by atoms with Gasteiger partial charge in [-0.15, -0.1) is 11.3 Å². The fourth-order valence-corrected chi connectivity index (χ4v) is 4.27. The van der Waals surface area contributed by atoms with E-state index in [1.54, 1.807) is 6.33 Å².